The van der Waals surface area contributed by atoms with Crippen molar-refractivity contribution in [2.45, 2.75) is 83.3 Å². The van der Waals surface area contributed by atoms with Crippen molar-refractivity contribution in [3.05, 3.63) is 23.6 Å². The molecule has 0 radical (unpaired) electrons. The highest BCUT2D eigenvalue weighted by atomic mass is 16.3. The molecular weight excluding hydrogens is 392 g/mol. The maximum Gasteiger partial charge on any atom is 0.0892 e. The second kappa shape index (κ2) is 13.9. The van der Waals surface area contributed by atoms with Crippen molar-refractivity contribution < 1.29 is 15.3 Å². The van der Waals surface area contributed by atoms with Crippen molar-refractivity contribution in [2.75, 3.05) is 32.8 Å². The minimum atomic E-state index is 0.0602. The lowest BCUT2D eigenvalue weighted by Gasteiger charge is -2.30. The van der Waals surface area contributed by atoms with Crippen LogP contribution in [0, 0.1) is 5.92 Å². The van der Waals surface area contributed by atoms with Gasteiger partial charge in [0.25, 0.3) is 0 Å². The molecule has 7 nitrogen and oxygen atoms in total. The Morgan fingerprint density at radius 2 is 1.81 bits per heavy atom. The van der Waals surface area contributed by atoms with E-state index < -0.39 is 0 Å². The summed E-state index contributed by atoms with van der Waals surface area (Å²) in [7, 11) is 0. The standard InChI is InChI=1S/C24H44N4O3/c1-18(6-7-19(2)31)27-21-9-11-23(25)24(16-21)26-17-20-4-3-5-22(10-8-20)28(12-14-29)13-15-30/h6-7,20-23,27,29-31H,3-5,8-17,25H2,1-2H3/b18-6+,19-7+,26-24?. The molecule has 4 atom stereocenters. The van der Waals surface area contributed by atoms with E-state index in [-0.39, 0.29) is 19.3 Å². The van der Waals surface area contributed by atoms with Gasteiger partial charge in [-0.05, 0) is 70.4 Å². The van der Waals surface area contributed by atoms with Crippen LogP contribution in [0.1, 0.15) is 65.2 Å². The SMILES string of the molecule is C/C(O)=C\C=C(/C)NC1CCC(N)C(=NCC2CCCC(N(CCO)CCO)CC2)C1. The van der Waals surface area contributed by atoms with Gasteiger partial charge in [-0.1, -0.05) is 6.42 Å². The van der Waals surface area contributed by atoms with E-state index in [0.29, 0.717) is 36.9 Å². The topological polar surface area (TPSA) is 114 Å². The van der Waals surface area contributed by atoms with E-state index in [1.165, 1.54) is 12.8 Å². The van der Waals surface area contributed by atoms with Crippen LogP contribution in [0.3, 0.4) is 0 Å². The zero-order chi connectivity index (χ0) is 22.6. The number of hydrogen-bond acceptors (Lipinski definition) is 7. The van der Waals surface area contributed by atoms with E-state index in [1.54, 1.807) is 13.0 Å². The zero-order valence-corrected chi connectivity index (χ0v) is 19.5. The van der Waals surface area contributed by atoms with Crippen LogP contribution in [0.15, 0.2) is 28.6 Å². The first-order valence-electron chi connectivity index (χ1n) is 12.0. The number of aliphatic imine (C=N–C) groups is 1. The summed E-state index contributed by atoms with van der Waals surface area (Å²) in [6, 6.07) is 0.852. The summed E-state index contributed by atoms with van der Waals surface area (Å²) in [5, 5.41) is 31.5. The second-order valence-corrected chi connectivity index (χ2v) is 9.23. The van der Waals surface area contributed by atoms with Crippen LogP contribution < -0.4 is 11.1 Å². The number of hydrogen-bond donors (Lipinski definition) is 5. The molecule has 0 amide bonds. The zero-order valence-electron chi connectivity index (χ0n) is 19.5. The van der Waals surface area contributed by atoms with Crippen LogP contribution in [0.5, 0.6) is 0 Å². The maximum absolute atomic E-state index is 9.33. The van der Waals surface area contributed by atoms with E-state index in [4.69, 9.17) is 10.7 Å². The van der Waals surface area contributed by atoms with E-state index in [2.05, 4.69) is 10.2 Å². The molecular formula is C24H44N4O3. The third-order valence-corrected chi connectivity index (χ3v) is 6.62. The highest BCUT2D eigenvalue weighted by Gasteiger charge is 2.26. The lowest BCUT2D eigenvalue weighted by Crippen LogP contribution is -2.43. The molecule has 2 aliphatic rings. The van der Waals surface area contributed by atoms with Gasteiger partial charge in [0.05, 0.1) is 19.0 Å². The molecule has 0 aromatic carbocycles. The summed E-state index contributed by atoms with van der Waals surface area (Å²) < 4.78 is 0. The number of rotatable bonds is 10. The highest BCUT2D eigenvalue weighted by Crippen LogP contribution is 2.27. The van der Waals surface area contributed by atoms with Gasteiger partial charge in [0.15, 0.2) is 0 Å². The number of nitrogens with zero attached hydrogens (tertiary/aromatic N) is 2. The predicted octanol–water partition coefficient (Wildman–Crippen LogP) is 2.50. The molecule has 0 saturated heterocycles. The molecule has 6 N–H and O–H groups in total. The fourth-order valence-corrected chi connectivity index (χ4v) is 4.86. The Morgan fingerprint density at radius 1 is 1.06 bits per heavy atom. The van der Waals surface area contributed by atoms with Crippen molar-refractivity contribution in [1.82, 2.24) is 10.2 Å². The molecule has 0 aliphatic heterocycles. The van der Waals surface area contributed by atoms with Crippen molar-refractivity contribution in [3.63, 3.8) is 0 Å². The van der Waals surface area contributed by atoms with Gasteiger partial charge in [0, 0.05) is 55.6 Å². The molecule has 2 fully saturated rings. The molecule has 0 aromatic rings. The third kappa shape index (κ3) is 9.31. The van der Waals surface area contributed by atoms with Gasteiger partial charge in [0.2, 0.25) is 0 Å². The largest absolute Gasteiger partial charge is 0.513 e. The molecule has 0 spiro atoms. The first kappa shape index (κ1) is 25.8. The van der Waals surface area contributed by atoms with E-state index >= 15 is 0 Å². The van der Waals surface area contributed by atoms with Crippen LogP contribution >= 0.6 is 0 Å². The Bertz CT molecular complexity index is 610. The predicted molar refractivity (Wildman–Crippen MR) is 127 cm³/mol. The fraction of sp³-hybridized carbons (Fsp3) is 0.792. The van der Waals surface area contributed by atoms with Gasteiger partial charge < -0.3 is 26.4 Å². The van der Waals surface area contributed by atoms with Gasteiger partial charge in [-0.15, -0.1) is 0 Å². The van der Waals surface area contributed by atoms with Crippen LogP contribution in [0.25, 0.3) is 0 Å². The summed E-state index contributed by atoms with van der Waals surface area (Å²) in [5.74, 6) is 0.887. The molecule has 7 heteroatoms. The van der Waals surface area contributed by atoms with Gasteiger partial charge in [-0.2, -0.15) is 0 Å². The monoisotopic (exact) mass is 436 g/mol. The quantitative estimate of drug-likeness (QED) is 0.204. The average molecular weight is 437 g/mol. The third-order valence-electron chi connectivity index (χ3n) is 6.62. The lowest BCUT2D eigenvalue weighted by atomic mass is 9.89. The Labute approximate surface area is 188 Å². The lowest BCUT2D eigenvalue weighted by molar-refractivity contribution is 0.112. The molecule has 2 rings (SSSR count). The van der Waals surface area contributed by atoms with Crippen LogP contribution in [-0.2, 0) is 0 Å². The average Bonchev–Trinajstić information content (AvgIpc) is 2.98. The fourth-order valence-electron chi connectivity index (χ4n) is 4.86. The number of nitrogens with one attached hydrogen (secondary N) is 1. The Morgan fingerprint density at radius 3 is 2.48 bits per heavy atom. The highest BCUT2D eigenvalue weighted by molar-refractivity contribution is 5.90. The number of allylic oxidation sites excluding steroid dienone is 4. The van der Waals surface area contributed by atoms with Crippen molar-refractivity contribution in [2.24, 2.45) is 16.6 Å². The molecule has 0 bridgehead atoms. The van der Waals surface area contributed by atoms with E-state index in [1.807, 2.05) is 13.0 Å². The Balaban J connectivity index is 1.88. The molecule has 31 heavy (non-hydrogen) atoms. The molecule has 2 saturated carbocycles. The van der Waals surface area contributed by atoms with Crippen LogP contribution in [-0.4, -0.2) is 76.9 Å². The second-order valence-electron chi connectivity index (χ2n) is 9.23. The number of aliphatic hydroxyl groups is 3. The van der Waals surface area contributed by atoms with E-state index in [9.17, 15) is 15.3 Å². The molecule has 2 aliphatic carbocycles. The molecule has 178 valence electrons. The van der Waals surface area contributed by atoms with Gasteiger partial charge in [-0.25, -0.2) is 0 Å². The number of nitrogens with two attached hydrogens (primary N) is 1. The summed E-state index contributed by atoms with van der Waals surface area (Å²) >= 11 is 0. The van der Waals surface area contributed by atoms with Gasteiger partial charge in [0.1, 0.15) is 0 Å². The molecule has 4 unspecified atom stereocenters. The first-order valence-corrected chi connectivity index (χ1v) is 12.0. The number of aliphatic hydroxyl groups excluding tert-OH is 3. The van der Waals surface area contributed by atoms with Crippen LogP contribution in [0.4, 0.5) is 0 Å². The Hall–Kier alpha value is -1.41. The van der Waals surface area contributed by atoms with Crippen molar-refractivity contribution >= 4 is 5.71 Å². The first-order chi connectivity index (χ1) is 14.9. The minimum absolute atomic E-state index is 0.0602. The summed E-state index contributed by atoms with van der Waals surface area (Å²) in [6.07, 6.45) is 12.2. The van der Waals surface area contributed by atoms with Gasteiger partial charge >= 0.3 is 0 Å². The van der Waals surface area contributed by atoms with Gasteiger partial charge in [-0.3, -0.25) is 9.89 Å². The Kier molecular flexibility index (Phi) is 11.6. The molecule has 0 heterocycles. The van der Waals surface area contributed by atoms with E-state index in [0.717, 1.165) is 56.5 Å². The normalized spacial score (nSPS) is 29.9. The smallest absolute Gasteiger partial charge is 0.0892 e. The summed E-state index contributed by atoms with van der Waals surface area (Å²) in [4.78, 5) is 7.23. The summed E-state index contributed by atoms with van der Waals surface area (Å²) in [6.45, 7) is 6.11. The summed E-state index contributed by atoms with van der Waals surface area (Å²) in [5.41, 5.74) is 8.55. The minimum Gasteiger partial charge on any atom is -0.513 e. The van der Waals surface area contributed by atoms with Crippen molar-refractivity contribution in [3.8, 4) is 0 Å². The molecule has 0 aromatic heterocycles. The maximum atomic E-state index is 9.33. The van der Waals surface area contributed by atoms with Crippen molar-refractivity contribution in [1.29, 1.82) is 0 Å². The van der Waals surface area contributed by atoms with Crippen LogP contribution in [0.2, 0.25) is 0 Å².